The third-order valence-corrected chi connectivity index (χ3v) is 4.50. The number of halogens is 1. The minimum atomic E-state index is 0.197. The van der Waals surface area contributed by atoms with Gasteiger partial charge in [-0.15, -0.1) is 0 Å². The summed E-state index contributed by atoms with van der Waals surface area (Å²) >= 11 is 6.25. The maximum atomic E-state index is 6.25. The van der Waals surface area contributed by atoms with E-state index in [1.54, 1.807) is 0 Å². The van der Waals surface area contributed by atoms with Gasteiger partial charge in [-0.05, 0) is 41.8 Å². The summed E-state index contributed by atoms with van der Waals surface area (Å²) in [7, 11) is 0. The molecule has 0 spiro atoms. The van der Waals surface area contributed by atoms with E-state index < -0.39 is 0 Å². The molecule has 0 heterocycles. The Kier molecular flexibility index (Phi) is 6.10. The molecule has 128 valence electrons. The summed E-state index contributed by atoms with van der Waals surface area (Å²) in [6.07, 6.45) is 0. The van der Waals surface area contributed by atoms with Gasteiger partial charge in [0.25, 0.3) is 0 Å². The molecule has 0 aliphatic heterocycles. The Morgan fingerprint density at radius 2 is 1.52 bits per heavy atom. The van der Waals surface area contributed by atoms with Crippen LogP contribution in [-0.4, -0.2) is 0 Å². The Balaban J connectivity index is 1.51. The summed E-state index contributed by atoms with van der Waals surface area (Å²) < 4.78 is 5.82. The van der Waals surface area contributed by atoms with Gasteiger partial charge < -0.3 is 10.1 Å². The molecule has 2 nitrogen and oxygen atoms in total. The Bertz CT molecular complexity index is 787. The Morgan fingerprint density at radius 1 is 0.840 bits per heavy atom. The van der Waals surface area contributed by atoms with Crippen LogP contribution in [0.25, 0.3) is 0 Å². The highest BCUT2D eigenvalue weighted by Gasteiger charge is 2.08. The zero-order valence-electron chi connectivity index (χ0n) is 14.3. The SMILES string of the molecule is CC(NCc1ccc(OCc2ccccc2)cc1)c1ccccc1Cl. The van der Waals surface area contributed by atoms with Crippen LogP contribution in [0.1, 0.15) is 29.7 Å². The van der Waals surface area contributed by atoms with E-state index in [9.17, 15) is 0 Å². The molecular formula is C22H22ClNO. The van der Waals surface area contributed by atoms with Crippen molar-refractivity contribution < 1.29 is 4.74 Å². The van der Waals surface area contributed by atoms with Crippen molar-refractivity contribution in [3.05, 3.63) is 101 Å². The van der Waals surface area contributed by atoms with Gasteiger partial charge >= 0.3 is 0 Å². The zero-order chi connectivity index (χ0) is 17.5. The van der Waals surface area contributed by atoms with E-state index in [0.717, 1.165) is 22.9 Å². The second-order valence-electron chi connectivity index (χ2n) is 6.04. The fourth-order valence-electron chi connectivity index (χ4n) is 2.65. The van der Waals surface area contributed by atoms with E-state index in [1.165, 1.54) is 11.1 Å². The molecule has 0 amide bonds. The average Bonchev–Trinajstić information content (AvgIpc) is 2.66. The summed E-state index contributed by atoms with van der Waals surface area (Å²) in [5, 5.41) is 4.31. The highest BCUT2D eigenvalue weighted by molar-refractivity contribution is 6.31. The van der Waals surface area contributed by atoms with Gasteiger partial charge in [0.05, 0.1) is 0 Å². The van der Waals surface area contributed by atoms with Crippen molar-refractivity contribution in [3.8, 4) is 5.75 Å². The van der Waals surface area contributed by atoms with Gasteiger partial charge in [-0.2, -0.15) is 0 Å². The third kappa shape index (κ3) is 5.09. The van der Waals surface area contributed by atoms with Gasteiger partial charge in [0.2, 0.25) is 0 Å². The lowest BCUT2D eigenvalue weighted by atomic mass is 10.1. The lowest BCUT2D eigenvalue weighted by molar-refractivity contribution is 0.306. The van der Waals surface area contributed by atoms with E-state index in [0.29, 0.717) is 6.61 Å². The topological polar surface area (TPSA) is 21.3 Å². The van der Waals surface area contributed by atoms with Gasteiger partial charge in [-0.3, -0.25) is 0 Å². The van der Waals surface area contributed by atoms with E-state index in [-0.39, 0.29) is 6.04 Å². The number of hydrogen-bond acceptors (Lipinski definition) is 2. The standard InChI is InChI=1S/C22H22ClNO/c1-17(21-9-5-6-10-22(21)23)24-15-18-11-13-20(14-12-18)25-16-19-7-3-2-4-8-19/h2-14,17,24H,15-16H2,1H3. The van der Waals surface area contributed by atoms with Crippen LogP contribution in [-0.2, 0) is 13.2 Å². The van der Waals surface area contributed by atoms with E-state index in [1.807, 2.05) is 48.5 Å². The normalized spacial score (nSPS) is 11.9. The van der Waals surface area contributed by atoms with Crippen LogP contribution in [0.5, 0.6) is 5.75 Å². The number of ether oxygens (including phenoxy) is 1. The average molecular weight is 352 g/mol. The van der Waals surface area contributed by atoms with Crippen molar-refractivity contribution in [2.45, 2.75) is 26.1 Å². The van der Waals surface area contributed by atoms with Crippen molar-refractivity contribution in [2.24, 2.45) is 0 Å². The molecule has 3 aromatic rings. The second-order valence-corrected chi connectivity index (χ2v) is 6.45. The molecule has 1 unspecified atom stereocenters. The van der Waals surface area contributed by atoms with Crippen LogP contribution in [0.15, 0.2) is 78.9 Å². The number of nitrogens with one attached hydrogen (secondary N) is 1. The Hall–Kier alpha value is -2.29. The first-order chi connectivity index (χ1) is 12.2. The van der Waals surface area contributed by atoms with Crippen molar-refractivity contribution in [1.29, 1.82) is 0 Å². The number of hydrogen-bond donors (Lipinski definition) is 1. The summed E-state index contributed by atoms with van der Waals surface area (Å²) in [5.74, 6) is 0.881. The summed E-state index contributed by atoms with van der Waals surface area (Å²) in [4.78, 5) is 0. The third-order valence-electron chi connectivity index (χ3n) is 4.16. The quantitative estimate of drug-likeness (QED) is 0.583. The molecule has 0 aromatic heterocycles. The van der Waals surface area contributed by atoms with Gasteiger partial charge in [0.1, 0.15) is 12.4 Å². The van der Waals surface area contributed by atoms with Crippen LogP contribution in [0.3, 0.4) is 0 Å². The van der Waals surface area contributed by atoms with Crippen LogP contribution in [0.4, 0.5) is 0 Å². The highest BCUT2D eigenvalue weighted by atomic mass is 35.5. The van der Waals surface area contributed by atoms with Gasteiger partial charge in [0.15, 0.2) is 0 Å². The fourth-order valence-corrected chi connectivity index (χ4v) is 2.95. The molecule has 1 atom stereocenters. The van der Waals surface area contributed by atoms with E-state index in [4.69, 9.17) is 16.3 Å². The summed E-state index contributed by atoms with van der Waals surface area (Å²) in [6.45, 7) is 3.49. The maximum Gasteiger partial charge on any atom is 0.119 e. The van der Waals surface area contributed by atoms with Gasteiger partial charge in [-0.25, -0.2) is 0 Å². The molecule has 1 N–H and O–H groups in total. The maximum absolute atomic E-state index is 6.25. The second kappa shape index (κ2) is 8.70. The monoisotopic (exact) mass is 351 g/mol. The molecule has 3 heteroatoms. The minimum Gasteiger partial charge on any atom is -0.489 e. The van der Waals surface area contributed by atoms with Gasteiger partial charge in [-0.1, -0.05) is 72.3 Å². The molecule has 0 bridgehead atoms. The zero-order valence-corrected chi connectivity index (χ0v) is 15.0. The van der Waals surface area contributed by atoms with Crippen molar-refractivity contribution >= 4 is 11.6 Å². The number of benzene rings is 3. The van der Waals surface area contributed by atoms with Crippen LogP contribution < -0.4 is 10.1 Å². The summed E-state index contributed by atoms with van der Waals surface area (Å²) in [6, 6.07) is 26.5. The first-order valence-electron chi connectivity index (χ1n) is 8.46. The van der Waals surface area contributed by atoms with Crippen molar-refractivity contribution in [3.63, 3.8) is 0 Å². The first-order valence-corrected chi connectivity index (χ1v) is 8.83. The van der Waals surface area contributed by atoms with E-state index >= 15 is 0 Å². The Labute approximate surface area is 154 Å². The minimum absolute atomic E-state index is 0.197. The van der Waals surface area contributed by atoms with Crippen LogP contribution >= 0.6 is 11.6 Å². The van der Waals surface area contributed by atoms with Crippen molar-refractivity contribution in [2.75, 3.05) is 0 Å². The van der Waals surface area contributed by atoms with Crippen LogP contribution in [0.2, 0.25) is 5.02 Å². The molecular weight excluding hydrogens is 330 g/mol. The molecule has 0 saturated heterocycles. The lowest BCUT2D eigenvalue weighted by Gasteiger charge is -2.16. The molecule has 0 aliphatic rings. The molecule has 0 aliphatic carbocycles. The lowest BCUT2D eigenvalue weighted by Crippen LogP contribution is -2.18. The molecule has 0 fully saturated rings. The van der Waals surface area contributed by atoms with Gasteiger partial charge in [0, 0.05) is 17.6 Å². The molecule has 0 saturated carbocycles. The van der Waals surface area contributed by atoms with E-state index in [2.05, 4.69) is 42.6 Å². The summed E-state index contributed by atoms with van der Waals surface area (Å²) in [5.41, 5.74) is 3.50. The fraction of sp³-hybridized carbons (Fsp3) is 0.182. The van der Waals surface area contributed by atoms with Crippen molar-refractivity contribution in [1.82, 2.24) is 5.32 Å². The first kappa shape index (κ1) is 17.5. The molecule has 3 rings (SSSR count). The largest absolute Gasteiger partial charge is 0.489 e. The predicted molar refractivity (Wildman–Crippen MR) is 104 cm³/mol. The highest BCUT2D eigenvalue weighted by Crippen LogP contribution is 2.22. The molecule has 25 heavy (non-hydrogen) atoms. The van der Waals surface area contributed by atoms with Crippen LogP contribution in [0, 0.1) is 0 Å². The smallest absolute Gasteiger partial charge is 0.119 e. The number of rotatable bonds is 7. The predicted octanol–water partition coefficient (Wildman–Crippen LogP) is 5.77. The molecule has 3 aromatic carbocycles. The Morgan fingerprint density at radius 3 is 2.24 bits per heavy atom. The molecule has 0 radical (unpaired) electrons.